The molecule has 3 rings (SSSR count). The van der Waals surface area contributed by atoms with E-state index in [0.29, 0.717) is 12.7 Å². The van der Waals surface area contributed by atoms with Crippen LogP contribution in [-0.4, -0.2) is 28.9 Å². The van der Waals surface area contributed by atoms with Gasteiger partial charge >= 0.3 is 0 Å². The highest BCUT2D eigenvalue weighted by Gasteiger charge is 2.20. The van der Waals surface area contributed by atoms with Gasteiger partial charge in [-0.1, -0.05) is 18.1 Å². The smallest absolute Gasteiger partial charge is 0.243 e. The number of fused-ring (bicyclic) bond motifs is 1. The molecule has 0 N–H and O–H groups in total. The van der Waals surface area contributed by atoms with Crippen LogP contribution in [0.1, 0.15) is 43.6 Å². The summed E-state index contributed by atoms with van der Waals surface area (Å²) in [5.41, 5.74) is 1.16. The first kappa shape index (κ1) is 14.8. The number of ether oxygens (including phenoxy) is 2. The predicted octanol–water partition coefficient (Wildman–Crippen LogP) is 2.94. The maximum Gasteiger partial charge on any atom is 0.243 e. The normalized spacial score (nSPS) is 14.5. The van der Waals surface area contributed by atoms with Gasteiger partial charge in [-0.25, -0.2) is 0 Å². The van der Waals surface area contributed by atoms with Crippen LogP contribution in [0.15, 0.2) is 22.7 Å². The second-order valence-corrected chi connectivity index (χ2v) is 5.58. The van der Waals surface area contributed by atoms with Gasteiger partial charge in [0.15, 0.2) is 17.3 Å². The molecule has 1 aromatic carbocycles. The Morgan fingerprint density at radius 3 is 2.91 bits per heavy atom. The van der Waals surface area contributed by atoms with Crippen molar-refractivity contribution in [2.24, 2.45) is 0 Å². The Kier molecular flexibility index (Phi) is 4.29. The minimum Gasteiger partial charge on any atom is -0.454 e. The van der Waals surface area contributed by atoms with Crippen molar-refractivity contribution in [3.8, 4) is 11.5 Å². The first-order valence-corrected chi connectivity index (χ1v) is 7.58. The molecule has 0 unspecified atom stereocenters. The van der Waals surface area contributed by atoms with E-state index >= 15 is 0 Å². The maximum absolute atomic E-state index is 5.41. The zero-order valence-corrected chi connectivity index (χ0v) is 13.2. The second-order valence-electron chi connectivity index (χ2n) is 5.58. The van der Waals surface area contributed by atoms with Gasteiger partial charge in [-0.05, 0) is 38.1 Å². The van der Waals surface area contributed by atoms with Gasteiger partial charge in [-0.15, -0.1) is 0 Å². The van der Waals surface area contributed by atoms with Gasteiger partial charge in [0.2, 0.25) is 12.7 Å². The van der Waals surface area contributed by atoms with E-state index in [0.717, 1.165) is 42.3 Å². The minimum absolute atomic E-state index is 0.0588. The molecule has 0 aliphatic carbocycles. The molecule has 2 aromatic rings. The fourth-order valence-electron chi connectivity index (χ4n) is 2.42. The molecule has 6 nitrogen and oxygen atoms in total. The summed E-state index contributed by atoms with van der Waals surface area (Å²) in [6.45, 7) is 5.23. The molecule has 118 valence electrons. The Labute approximate surface area is 130 Å². The molecule has 1 aliphatic rings. The molecule has 2 heterocycles. The Morgan fingerprint density at radius 1 is 1.27 bits per heavy atom. The van der Waals surface area contributed by atoms with E-state index < -0.39 is 0 Å². The average molecular weight is 303 g/mol. The number of benzene rings is 1. The van der Waals surface area contributed by atoms with Crippen LogP contribution in [-0.2, 0) is 13.0 Å². The summed E-state index contributed by atoms with van der Waals surface area (Å²) in [5.74, 6) is 3.05. The fraction of sp³-hybridized carbons (Fsp3) is 0.500. The van der Waals surface area contributed by atoms with E-state index in [4.69, 9.17) is 14.0 Å². The predicted molar refractivity (Wildman–Crippen MR) is 80.7 cm³/mol. The lowest BCUT2D eigenvalue weighted by Gasteiger charge is -2.21. The summed E-state index contributed by atoms with van der Waals surface area (Å²) < 4.78 is 16.1. The van der Waals surface area contributed by atoms with Gasteiger partial charge < -0.3 is 14.0 Å². The van der Waals surface area contributed by atoms with Crippen molar-refractivity contribution < 1.29 is 14.0 Å². The van der Waals surface area contributed by atoms with Gasteiger partial charge in [0, 0.05) is 13.0 Å². The Morgan fingerprint density at radius 2 is 2.09 bits per heavy atom. The highest BCUT2D eigenvalue weighted by atomic mass is 16.7. The molecule has 1 atom stereocenters. The average Bonchev–Trinajstić information content (AvgIpc) is 3.15. The third-order valence-electron chi connectivity index (χ3n) is 3.84. The number of aromatic nitrogens is 2. The summed E-state index contributed by atoms with van der Waals surface area (Å²) in [5, 5.41) is 4.01. The lowest BCUT2D eigenvalue weighted by atomic mass is 10.1. The number of rotatable bonds is 6. The van der Waals surface area contributed by atoms with Crippen molar-refractivity contribution in [3.63, 3.8) is 0 Å². The van der Waals surface area contributed by atoms with Crippen molar-refractivity contribution in [3.05, 3.63) is 35.5 Å². The monoisotopic (exact) mass is 303 g/mol. The summed E-state index contributed by atoms with van der Waals surface area (Å²) in [4.78, 5) is 6.62. The van der Waals surface area contributed by atoms with Crippen molar-refractivity contribution in [1.82, 2.24) is 15.0 Å². The Hall–Kier alpha value is -2.08. The SMILES string of the molecule is CCCc1noc([C@H](C)N(C)Cc2ccc3c(c2)OCO3)n1. The maximum atomic E-state index is 5.41. The van der Waals surface area contributed by atoms with Crippen LogP contribution in [0.25, 0.3) is 0 Å². The number of hydrogen-bond acceptors (Lipinski definition) is 6. The zero-order chi connectivity index (χ0) is 15.5. The molecule has 0 saturated carbocycles. The first-order valence-electron chi connectivity index (χ1n) is 7.58. The van der Waals surface area contributed by atoms with E-state index in [1.54, 1.807) is 0 Å². The summed E-state index contributed by atoms with van der Waals surface area (Å²) in [7, 11) is 2.04. The van der Waals surface area contributed by atoms with Gasteiger partial charge in [0.05, 0.1) is 6.04 Å². The van der Waals surface area contributed by atoms with Crippen LogP contribution in [0.2, 0.25) is 0 Å². The highest BCUT2D eigenvalue weighted by Crippen LogP contribution is 2.33. The summed E-state index contributed by atoms with van der Waals surface area (Å²) in [6.07, 6.45) is 1.86. The van der Waals surface area contributed by atoms with Crippen LogP contribution < -0.4 is 9.47 Å². The standard InChI is InChI=1S/C16H21N3O3/c1-4-5-15-17-16(22-18-15)11(2)19(3)9-12-6-7-13-14(8-12)21-10-20-13/h6-8,11H,4-5,9-10H2,1-3H3/t11-/m0/s1. The molecule has 0 bridgehead atoms. The van der Waals surface area contributed by atoms with Crippen LogP contribution in [0.3, 0.4) is 0 Å². The van der Waals surface area contributed by atoms with E-state index in [9.17, 15) is 0 Å². The van der Waals surface area contributed by atoms with Gasteiger partial charge in [0.1, 0.15) is 0 Å². The van der Waals surface area contributed by atoms with Gasteiger partial charge in [-0.3, -0.25) is 4.90 Å². The van der Waals surface area contributed by atoms with Crippen LogP contribution in [0, 0.1) is 0 Å². The molecule has 0 radical (unpaired) electrons. The molecular weight excluding hydrogens is 282 g/mol. The van der Waals surface area contributed by atoms with Crippen molar-refractivity contribution >= 4 is 0 Å². The van der Waals surface area contributed by atoms with Crippen molar-refractivity contribution in [1.29, 1.82) is 0 Å². The molecule has 0 amide bonds. The topological polar surface area (TPSA) is 60.6 Å². The highest BCUT2D eigenvalue weighted by molar-refractivity contribution is 5.44. The van der Waals surface area contributed by atoms with E-state index in [1.165, 1.54) is 0 Å². The van der Waals surface area contributed by atoms with Gasteiger partial charge in [0.25, 0.3) is 0 Å². The van der Waals surface area contributed by atoms with Gasteiger partial charge in [-0.2, -0.15) is 4.98 Å². The fourth-order valence-corrected chi connectivity index (χ4v) is 2.42. The molecule has 0 fully saturated rings. The number of nitrogens with zero attached hydrogens (tertiary/aromatic N) is 3. The summed E-state index contributed by atoms with van der Waals surface area (Å²) in [6, 6.07) is 6.07. The molecular formula is C16H21N3O3. The third-order valence-corrected chi connectivity index (χ3v) is 3.84. The van der Waals surface area contributed by atoms with E-state index in [1.807, 2.05) is 25.2 Å². The van der Waals surface area contributed by atoms with E-state index in [2.05, 4.69) is 28.9 Å². The first-order chi connectivity index (χ1) is 10.7. The lowest BCUT2D eigenvalue weighted by Crippen LogP contribution is -2.22. The lowest BCUT2D eigenvalue weighted by molar-refractivity contribution is 0.173. The van der Waals surface area contributed by atoms with Crippen molar-refractivity contribution in [2.75, 3.05) is 13.8 Å². The quantitative estimate of drug-likeness (QED) is 0.817. The zero-order valence-electron chi connectivity index (χ0n) is 13.2. The molecule has 22 heavy (non-hydrogen) atoms. The molecule has 0 spiro atoms. The number of hydrogen-bond donors (Lipinski definition) is 0. The van der Waals surface area contributed by atoms with Crippen molar-refractivity contribution in [2.45, 2.75) is 39.3 Å². The van der Waals surface area contributed by atoms with Crippen LogP contribution >= 0.6 is 0 Å². The molecule has 1 aliphatic heterocycles. The minimum atomic E-state index is 0.0588. The molecule has 6 heteroatoms. The molecule has 0 saturated heterocycles. The second kappa shape index (κ2) is 6.36. The molecule has 1 aromatic heterocycles. The largest absolute Gasteiger partial charge is 0.454 e. The van der Waals surface area contributed by atoms with Crippen LogP contribution in [0.5, 0.6) is 11.5 Å². The Bertz CT molecular complexity index is 641. The Balaban J connectivity index is 1.66. The third kappa shape index (κ3) is 3.06. The van der Waals surface area contributed by atoms with Crippen LogP contribution in [0.4, 0.5) is 0 Å². The van der Waals surface area contributed by atoms with E-state index in [-0.39, 0.29) is 6.04 Å². The number of aryl methyl sites for hydroxylation is 1. The summed E-state index contributed by atoms with van der Waals surface area (Å²) >= 11 is 0.